The molecule has 0 N–H and O–H groups in total. The Hall–Kier alpha value is -6.18. The van der Waals surface area contributed by atoms with Gasteiger partial charge in [0.1, 0.15) is 0 Å². The van der Waals surface area contributed by atoms with Crippen molar-refractivity contribution < 1.29 is 0 Å². The summed E-state index contributed by atoms with van der Waals surface area (Å²) in [6.07, 6.45) is 7.91. The summed E-state index contributed by atoms with van der Waals surface area (Å²) in [5.74, 6) is 0. The number of allylic oxidation sites excluding steroid dienone is 4. The summed E-state index contributed by atoms with van der Waals surface area (Å²) in [5, 5.41) is 0. The summed E-state index contributed by atoms with van der Waals surface area (Å²) in [6, 6.07) is 61.6. The molecule has 0 heterocycles. The summed E-state index contributed by atoms with van der Waals surface area (Å²) in [5.41, 5.74) is 22.4. The second-order valence-corrected chi connectivity index (χ2v) is 16.1. The number of benzene rings is 7. The van der Waals surface area contributed by atoms with Crippen molar-refractivity contribution in [3.8, 4) is 33.4 Å². The monoisotopic (exact) mass is 691 g/mol. The van der Waals surface area contributed by atoms with Crippen LogP contribution in [0.15, 0.2) is 182 Å². The first kappa shape index (κ1) is 31.4. The van der Waals surface area contributed by atoms with Crippen molar-refractivity contribution >= 4 is 22.6 Å². The maximum atomic E-state index is 2.54. The molecule has 1 spiro atoms. The lowest BCUT2D eigenvalue weighted by Gasteiger charge is -2.36. The fourth-order valence-electron chi connectivity index (χ4n) is 10.5. The Morgan fingerprint density at radius 3 is 1.96 bits per heavy atom. The normalized spacial score (nSPS) is 18.0. The fraction of sp³-hybridized carbons (Fsp3) is 0.132. The average molecular weight is 692 g/mol. The third-order valence-corrected chi connectivity index (χ3v) is 12.7. The largest absolute Gasteiger partial charge is 0.310 e. The minimum absolute atomic E-state index is 0.0112. The molecule has 0 aliphatic heterocycles. The number of nitrogens with zero attached hydrogens (tertiary/aromatic N) is 1. The second-order valence-electron chi connectivity index (χ2n) is 16.1. The van der Waals surface area contributed by atoms with Crippen molar-refractivity contribution in [2.75, 3.05) is 4.90 Å². The molecule has 0 saturated carbocycles. The molecule has 7 aromatic rings. The highest BCUT2D eigenvalue weighted by molar-refractivity contribution is 6.02. The number of fused-ring (bicyclic) bond motifs is 12. The van der Waals surface area contributed by atoms with Crippen molar-refractivity contribution in [2.24, 2.45) is 0 Å². The summed E-state index contributed by atoms with van der Waals surface area (Å²) in [6.45, 7) is 4.82. The topological polar surface area (TPSA) is 3.24 Å². The van der Waals surface area contributed by atoms with E-state index in [1.807, 2.05) is 0 Å². The molecular formula is C53H41N. The van der Waals surface area contributed by atoms with E-state index in [9.17, 15) is 0 Å². The molecule has 1 nitrogen and oxygen atoms in total. The number of rotatable bonds is 4. The van der Waals surface area contributed by atoms with Gasteiger partial charge in [0.15, 0.2) is 0 Å². The Morgan fingerprint density at radius 2 is 1.15 bits per heavy atom. The molecule has 258 valence electrons. The molecule has 4 aliphatic carbocycles. The van der Waals surface area contributed by atoms with Crippen LogP contribution < -0.4 is 4.90 Å². The molecular weight excluding hydrogens is 651 g/mol. The van der Waals surface area contributed by atoms with Gasteiger partial charge in [0, 0.05) is 16.9 Å². The summed E-state index contributed by atoms with van der Waals surface area (Å²) < 4.78 is 0. The highest BCUT2D eigenvalue weighted by Gasteiger charge is 2.53. The van der Waals surface area contributed by atoms with Gasteiger partial charge in [-0.15, -0.1) is 0 Å². The van der Waals surface area contributed by atoms with Gasteiger partial charge in [0.2, 0.25) is 0 Å². The van der Waals surface area contributed by atoms with E-state index in [1.165, 1.54) is 83.7 Å². The van der Waals surface area contributed by atoms with Crippen molar-refractivity contribution in [2.45, 2.75) is 43.9 Å². The zero-order valence-electron chi connectivity index (χ0n) is 30.8. The van der Waals surface area contributed by atoms with E-state index in [0.717, 1.165) is 24.9 Å². The fourth-order valence-corrected chi connectivity index (χ4v) is 10.5. The van der Waals surface area contributed by atoms with Crippen LogP contribution in [0.3, 0.4) is 0 Å². The van der Waals surface area contributed by atoms with Crippen LogP contribution in [0, 0.1) is 0 Å². The second kappa shape index (κ2) is 11.7. The van der Waals surface area contributed by atoms with E-state index in [1.54, 1.807) is 5.57 Å². The molecule has 0 bridgehead atoms. The van der Waals surface area contributed by atoms with Gasteiger partial charge in [-0.05, 0) is 127 Å². The maximum absolute atomic E-state index is 2.54. The van der Waals surface area contributed by atoms with Crippen LogP contribution in [0.4, 0.5) is 17.1 Å². The van der Waals surface area contributed by atoms with E-state index < -0.39 is 0 Å². The first-order valence-corrected chi connectivity index (χ1v) is 19.5. The lowest BCUT2D eigenvalue weighted by atomic mass is 9.68. The molecule has 11 rings (SSSR count). The molecule has 0 radical (unpaired) electrons. The van der Waals surface area contributed by atoms with Gasteiger partial charge in [0.25, 0.3) is 0 Å². The van der Waals surface area contributed by atoms with Crippen LogP contribution in [-0.4, -0.2) is 0 Å². The Bertz CT molecular complexity index is 2710. The first-order valence-electron chi connectivity index (χ1n) is 19.5. The zero-order valence-corrected chi connectivity index (χ0v) is 30.8. The molecule has 1 unspecified atom stereocenters. The van der Waals surface area contributed by atoms with E-state index in [-0.39, 0.29) is 10.8 Å². The lowest BCUT2D eigenvalue weighted by Crippen LogP contribution is -2.28. The standard InChI is InChI=1S/C53H41N/c1-52(2)34-37-17-6-7-18-40(37)43-32-31-39(33-49(43)52)54(38-29-27-36(28-30-38)35-15-4-3-5-16-35)50-26-14-25-48-51(50)44-21-10-13-24-47(44)53(48)45-22-11-8-19-41(45)42-20-9-12-23-46(42)53/h3-11,13-22,24-33H,12,23,34H2,1-2H3. The van der Waals surface area contributed by atoms with E-state index >= 15 is 0 Å². The zero-order chi connectivity index (χ0) is 36.0. The average Bonchev–Trinajstić information content (AvgIpc) is 3.69. The van der Waals surface area contributed by atoms with Gasteiger partial charge in [-0.2, -0.15) is 0 Å². The van der Waals surface area contributed by atoms with Crippen LogP contribution >= 0.6 is 0 Å². The Balaban J connectivity index is 1.18. The van der Waals surface area contributed by atoms with Crippen molar-refractivity contribution in [3.63, 3.8) is 0 Å². The van der Waals surface area contributed by atoms with E-state index in [2.05, 4.69) is 195 Å². The van der Waals surface area contributed by atoms with Crippen molar-refractivity contribution in [3.05, 3.63) is 215 Å². The smallest absolute Gasteiger partial charge is 0.0689 e. The molecule has 0 saturated heterocycles. The van der Waals surface area contributed by atoms with Crippen LogP contribution in [-0.2, 0) is 17.3 Å². The molecule has 1 heteroatoms. The number of hydrogen-bond acceptors (Lipinski definition) is 1. The molecule has 0 aromatic heterocycles. The summed E-state index contributed by atoms with van der Waals surface area (Å²) >= 11 is 0. The Morgan fingerprint density at radius 1 is 0.500 bits per heavy atom. The Kier molecular flexibility index (Phi) is 6.77. The number of hydrogen-bond donors (Lipinski definition) is 0. The van der Waals surface area contributed by atoms with Gasteiger partial charge in [-0.3, -0.25) is 0 Å². The van der Waals surface area contributed by atoms with Gasteiger partial charge >= 0.3 is 0 Å². The highest BCUT2D eigenvalue weighted by Crippen LogP contribution is 2.65. The van der Waals surface area contributed by atoms with Crippen LogP contribution in [0.1, 0.15) is 60.1 Å². The van der Waals surface area contributed by atoms with Gasteiger partial charge in [-0.25, -0.2) is 0 Å². The van der Waals surface area contributed by atoms with Gasteiger partial charge < -0.3 is 4.90 Å². The van der Waals surface area contributed by atoms with Gasteiger partial charge in [-0.1, -0.05) is 159 Å². The first-order chi connectivity index (χ1) is 26.5. The van der Waals surface area contributed by atoms with Crippen molar-refractivity contribution in [1.29, 1.82) is 0 Å². The molecule has 4 aliphatic rings. The summed E-state index contributed by atoms with van der Waals surface area (Å²) in [4.78, 5) is 2.54. The molecule has 54 heavy (non-hydrogen) atoms. The van der Waals surface area contributed by atoms with Crippen molar-refractivity contribution in [1.82, 2.24) is 0 Å². The summed E-state index contributed by atoms with van der Waals surface area (Å²) in [7, 11) is 0. The third-order valence-electron chi connectivity index (χ3n) is 12.7. The van der Waals surface area contributed by atoms with E-state index in [4.69, 9.17) is 0 Å². The Labute approximate surface area is 318 Å². The quantitative estimate of drug-likeness (QED) is 0.178. The molecule has 0 amide bonds. The number of anilines is 3. The molecule has 0 fully saturated rings. The molecule has 7 aromatic carbocycles. The molecule has 1 atom stereocenters. The van der Waals surface area contributed by atoms with Crippen LogP contribution in [0.2, 0.25) is 0 Å². The van der Waals surface area contributed by atoms with Gasteiger partial charge in [0.05, 0.1) is 11.1 Å². The maximum Gasteiger partial charge on any atom is 0.0689 e. The van der Waals surface area contributed by atoms with Crippen LogP contribution in [0.25, 0.3) is 39.0 Å². The minimum Gasteiger partial charge on any atom is -0.310 e. The van der Waals surface area contributed by atoms with Crippen LogP contribution in [0.5, 0.6) is 0 Å². The lowest BCUT2D eigenvalue weighted by molar-refractivity contribution is 0.517. The predicted molar refractivity (Wildman–Crippen MR) is 226 cm³/mol. The SMILES string of the molecule is CC1(C)Cc2ccccc2-c2ccc(N(c3ccc(-c4ccccc4)cc3)c3cccc4c3-c3ccccc3C43C4=C(C=CCC4)c4ccccc43)cc21. The predicted octanol–water partition coefficient (Wildman–Crippen LogP) is 13.8. The minimum atomic E-state index is -0.316. The third kappa shape index (κ3) is 4.33. The highest BCUT2D eigenvalue weighted by atomic mass is 15.1. The van der Waals surface area contributed by atoms with E-state index in [0.29, 0.717) is 0 Å².